The lowest BCUT2D eigenvalue weighted by Gasteiger charge is -2.31. The molecule has 0 atom stereocenters. The Morgan fingerprint density at radius 2 is 1.86 bits per heavy atom. The molecule has 2 aromatic heterocycles. The van der Waals surface area contributed by atoms with Crippen LogP contribution in [0.15, 0.2) is 47.1 Å². The second kappa shape index (κ2) is 10.2. The Kier molecular flexibility index (Phi) is 7.08. The van der Waals surface area contributed by atoms with Crippen LogP contribution in [0.5, 0.6) is 5.75 Å². The summed E-state index contributed by atoms with van der Waals surface area (Å²) < 4.78 is 53.0. The van der Waals surface area contributed by atoms with E-state index in [2.05, 4.69) is 14.9 Å². The maximum Gasteiger partial charge on any atom is 0.573 e. The smallest absolute Gasteiger partial charge is 0.466 e. The summed E-state index contributed by atoms with van der Waals surface area (Å²) in [5.41, 5.74) is 0.962. The number of aromatic nitrogens is 3. The highest BCUT2D eigenvalue weighted by Crippen LogP contribution is 2.27. The van der Waals surface area contributed by atoms with E-state index in [1.807, 2.05) is 0 Å². The van der Waals surface area contributed by atoms with Gasteiger partial charge in [0.15, 0.2) is 0 Å². The first-order chi connectivity index (χ1) is 16.7. The zero-order valence-corrected chi connectivity index (χ0v) is 18.8. The van der Waals surface area contributed by atoms with Gasteiger partial charge in [-0.25, -0.2) is 0 Å². The molecule has 186 valence electrons. The third-order valence-electron chi connectivity index (χ3n) is 5.59. The molecule has 35 heavy (non-hydrogen) atoms. The number of hydrogen-bond acceptors (Lipinski definition) is 7. The van der Waals surface area contributed by atoms with E-state index in [4.69, 9.17) is 9.26 Å². The number of piperidine rings is 1. The van der Waals surface area contributed by atoms with Gasteiger partial charge in [0.1, 0.15) is 18.0 Å². The molecule has 1 aliphatic heterocycles. The van der Waals surface area contributed by atoms with Gasteiger partial charge in [-0.2, -0.15) is 4.98 Å². The normalized spacial score (nSPS) is 14.7. The lowest BCUT2D eigenvalue weighted by atomic mass is 9.97. The molecule has 3 aromatic rings. The molecule has 0 N–H and O–H groups in total. The van der Waals surface area contributed by atoms with Gasteiger partial charge < -0.3 is 23.5 Å². The Morgan fingerprint density at radius 3 is 2.51 bits per heavy atom. The Morgan fingerprint density at radius 1 is 1.14 bits per heavy atom. The van der Waals surface area contributed by atoms with Crippen molar-refractivity contribution in [1.29, 1.82) is 0 Å². The predicted octanol–water partition coefficient (Wildman–Crippen LogP) is 3.91. The molecule has 1 aliphatic rings. The number of ether oxygens (including phenoxy) is 2. The van der Waals surface area contributed by atoms with Crippen molar-refractivity contribution in [3.63, 3.8) is 0 Å². The van der Waals surface area contributed by atoms with E-state index in [1.54, 1.807) is 34.7 Å². The van der Waals surface area contributed by atoms with E-state index in [0.29, 0.717) is 43.8 Å². The van der Waals surface area contributed by atoms with Gasteiger partial charge in [0, 0.05) is 24.8 Å². The largest absolute Gasteiger partial charge is 0.573 e. The third-order valence-corrected chi connectivity index (χ3v) is 5.59. The lowest BCUT2D eigenvalue weighted by molar-refractivity contribution is -0.274. The van der Waals surface area contributed by atoms with Gasteiger partial charge in [-0.05, 0) is 56.2 Å². The zero-order valence-electron chi connectivity index (χ0n) is 18.8. The number of nitrogens with zero attached hydrogens (tertiary/aromatic N) is 4. The number of halogens is 3. The van der Waals surface area contributed by atoms with E-state index in [1.165, 1.54) is 12.1 Å². The summed E-state index contributed by atoms with van der Waals surface area (Å²) in [6.07, 6.45) is -1.95. The fourth-order valence-corrected chi connectivity index (χ4v) is 3.87. The quantitative estimate of drug-likeness (QED) is 0.461. The van der Waals surface area contributed by atoms with Gasteiger partial charge in [0.05, 0.1) is 12.5 Å². The van der Waals surface area contributed by atoms with Crippen molar-refractivity contribution in [3.8, 4) is 28.7 Å². The molecule has 9 nitrogen and oxygen atoms in total. The molecule has 1 amide bonds. The second-order valence-electron chi connectivity index (χ2n) is 7.92. The highest BCUT2D eigenvalue weighted by Gasteiger charge is 2.31. The molecule has 3 heterocycles. The van der Waals surface area contributed by atoms with Gasteiger partial charge in [-0.15, -0.1) is 13.2 Å². The number of esters is 1. The Labute approximate surface area is 198 Å². The highest BCUT2D eigenvalue weighted by atomic mass is 19.4. The molecule has 0 unspecified atom stereocenters. The monoisotopic (exact) mass is 492 g/mol. The van der Waals surface area contributed by atoms with Crippen molar-refractivity contribution >= 4 is 11.9 Å². The van der Waals surface area contributed by atoms with Gasteiger partial charge in [-0.1, -0.05) is 5.16 Å². The maximum absolute atomic E-state index is 12.8. The Balaban J connectivity index is 1.39. The molecule has 12 heteroatoms. The molecule has 0 aliphatic carbocycles. The lowest BCUT2D eigenvalue weighted by Crippen LogP contribution is -2.42. The summed E-state index contributed by atoms with van der Waals surface area (Å²) in [6.45, 7) is 3.09. The number of benzene rings is 1. The molecule has 0 spiro atoms. The molecule has 0 saturated carbocycles. The summed E-state index contributed by atoms with van der Waals surface area (Å²) in [5.74, 6) is -0.532. The highest BCUT2D eigenvalue weighted by molar-refractivity contribution is 5.78. The summed E-state index contributed by atoms with van der Waals surface area (Å²) in [7, 11) is 0. The summed E-state index contributed by atoms with van der Waals surface area (Å²) in [5, 5.41) is 3.90. The minimum absolute atomic E-state index is 0.0492. The number of carbonyl (C=O) groups is 2. The van der Waals surface area contributed by atoms with Gasteiger partial charge in [0.2, 0.25) is 11.7 Å². The minimum Gasteiger partial charge on any atom is -0.466 e. The van der Waals surface area contributed by atoms with Gasteiger partial charge >= 0.3 is 12.3 Å². The van der Waals surface area contributed by atoms with Crippen molar-refractivity contribution in [1.82, 2.24) is 19.6 Å². The van der Waals surface area contributed by atoms with Crippen LogP contribution in [0.25, 0.3) is 23.0 Å². The Hall–Kier alpha value is -3.83. The number of carbonyl (C=O) groups excluding carboxylic acids is 2. The molecule has 4 rings (SSSR count). The number of amides is 1. The number of rotatable bonds is 7. The average Bonchev–Trinajstić information content (AvgIpc) is 3.48. The summed E-state index contributed by atoms with van der Waals surface area (Å²) >= 11 is 0. The number of alkyl halides is 3. The second-order valence-corrected chi connectivity index (χ2v) is 7.92. The van der Waals surface area contributed by atoms with E-state index in [-0.39, 0.29) is 41.8 Å². The van der Waals surface area contributed by atoms with Crippen molar-refractivity contribution in [2.24, 2.45) is 5.92 Å². The average molecular weight is 492 g/mol. The van der Waals surface area contributed by atoms with Crippen LogP contribution in [0, 0.1) is 5.92 Å². The molecular formula is C23H23F3N4O5. The van der Waals surface area contributed by atoms with Gasteiger partial charge in [-0.3, -0.25) is 9.59 Å². The summed E-state index contributed by atoms with van der Waals surface area (Å²) in [4.78, 5) is 30.8. The van der Waals surface area contributed by atoms with E-state index < -0.39 is 6.36 Å². The number of likely N-dealkylation sites (tertiary alicyclic amines) is 1. The van der Waals surface area contributed by atoms with Crippen LogP contribution in [-0.2, 0) is 20.9 Å². The van der Waals surface area contributed by atoms with Crippen LogP contribution in [0.1, 0.15) is 19.8 Å². The first-order valence-corrected chi connectivity index (χ1v) is 11.0. The number of hydrogen-bond donors (Lipinski definition) is 0. The molecular weight excluding hydrogens is 469 g/mol. The van der Waals surface area contributed by atoms with Crippen LogP contribution in [0.3, 0.4) is 0 Å². The van der Waals surface area contributed by atoms with Crippen molar-refractivity contribution in [3.05, 3.63) is 42.6 Å². The standard InChI is InChI=1S/C23H23F3N4O5/c1-2-33-22(32)16-9-12-29(13-10-16)19(31)14-30-11-3-4-18(30)21-27-20(28-35-21)15-5-7-17(8-6-15)34-23(24,25)26/h3-8,11,16H,2,9-10,12-14H2,1H3. The van der Waals surface area contributed by atoms with Crippen LogP contribution < -0.4 is 4.74 Å². The maximum atomic E-state index is 12.8. The molecule has 1 aromatic carbocycles. The van der Waals surface area contributed by atoms with E-state index in [0.717, 1.165) is 12.1 Å². The molecule has 1 saturated heterocycles. The Bertz CT molecular complexity index is 1160. The van der Waals surface area contributed by atoms with Gasteiger partial charge in [0.25, 0.3) is 5.89 Å². The minimum atomic E-state index is -4.78. The molecule has 0 bridgehead atoms. The zero-order chi connectivity index (χ0) is 25.0. The first-order valence-electron chi connectivity index (χ1n) is 11.0. The fraction of sp³-hybridized carbons (Fsp3) is 0.391. The van der Waals surface area contributed by atoms with Crippen LogP contribution in [-0.4, -0.2) is 57.5 Å². The third kappa shape index (κ3) is 6.00. The van der Waals surface area contributed by atoms with E-state index in [9.17, 15) is 22.8 Å². The van der Waals surface area contributed by atoms with Crippen molar-refractivity contribution in [2.75, 3.05) is 19.7 Å². The van der Waals surface area contributed by atoms with E-state index >= 15 is 0 Å². The molecule has 1 fully saturated rings. The van der Waals surface area contributed by atoms with Crippen LogP contribution in [0.4, 0.5) is 13.2 Å². The predicted molar refractivity (Wildman–Crippen MR) is 116 cm³/mol. The van der Waals surface area contributed by atoms with Crippen molar-refractivity contribution < 1.29 is 36.8 Å². The first kappa shape index (κ1) is 24.3. The fourth-order valence-electron chi connectivity index (χ4n) is 3.87. The molecule has 0 radical (unpaired) electrons. The SMILES string of the molecule is CCOC(=O)C1CCN(C(=O)Cn2cccc2-c2nc(-c3ccc(OC(F)(F)F)cc3)no2)CC1. The van der Waals surface area contributed by atoms with Crippen LogP contribution in [0.2, 0.25) is 0 Å². The summed E-state index contributed by atoms with van der Waals surface area (Å²) in [6, 6.07) is 8.55. The van der Waals surface area contributed by atoms with Crippen LogP contribution >= 0.6 is 0 Å². The van der Waals surface area contributed by atoms with Crippen molar-refractivity contribution in [2.45, 2.75) is 32.7 Å². The topological polar surface area (TPSA) is 99.7 Å².